The first-order valence-corrected chi connectivity index (χ1v) is 7.86. The summed E-state index contributed by atoms with van der Waals surface area (Å²) in [6, 6.07) is 0.0425. The van der Waals surface area contributed by atoms with Gasteiger partial charge in [-0.15, -0.1) is 0 Å². The number of rotatable bonds is 3. The Bertz CT molecular complexity index is 508. The van der Waals surface area contributed by atoms with Crippen LogP contribution in [-0.4, -0.2) is 52.0 Å². The van der Waals surface area contributed by atoms with Crippen molar-refractivity contribution in [3.63, 3.8) is 0 Å². The Hall–Kier alpha value is -1.49. The number of amides is 2. The average molecular weight is 345 g/mol. The summed E-state index contributed by atoms with van der Waals surface area (Å²) in [7, 11) is 0. The molecule has 6 nitrogen and oxygen atoms in total. The third kappa shape index (κ3) is 5.57. The van der Waals surface area contributed by atoms with E-state index in [0.29, 0.717) is 0 Å². The number of hydrogen-bond donors (Lipinski definition) is 2. The normalized spacial score (nSPS) is 23.1. The van der Waals surface area contributed by atoms with Crippen molar-refractivity contribution in [1.82, 2.24) is 10.2 Å². The predicted octanol–water partition coefficient (Wildman–Crippen LogP) is 2.05. The fourth-order valence-corrected chi connectivity index (χ4v) is 2.46. The topological polar surface area (TPSA) is 82.4 Å². The van der Waals surface area contributed by atoms with Crippen molar-refractivity contribution in [1.29, 1.82) is 5.26 Å². The number of ether oxygens (including phenoxy) is 1. The molecule has 23 heavy (non-hydrogen) atoms. The molecule has 1 aliphatic heterocycles. The molecule has 130 valence electrons. The summed E-state index contributed by atoms with van der Waals surface area (Å²) >= 11 is 4.35. The van der Waals surface area contributed by atoms with Crippen LogP contribution in [0.3, 0.4) is 0 Å². The minimum atomic E-state index is -1.24. The average Bonchev–Trinajstić information content (AvgIpc) is 2.73. The van der Waals surface area contributed by atoms with Crippen LogP contribution in [0, 0.1) is 11.3 Å². The van der Waals surface area contributed by atoms with Crippen LogP contribution in [0.25, 0.3) is 0 Å². The molecule has 0 unspecified atom stereocenters. The lowest BCUT2D eigenvalue weighted by Crippen LogP contribution is -2.58. The van der Waals surface area contributed by atoms with Crippen LogP contribution >= 0.6 is 12.6 Å². The summed E-state index contributed by atoms with van der Waals surface area (Å²) in [6.07, 6.45) is -2.02. The van der Waals surface area contributed by atoms with Crippen molar-refractivity contribution < 1.29 is 18.7 Å². The molecule has 1 N–H and O–H groups in total. The van der Waals surface area contributed by atoms with Crippen molar-refractivity contribution in [2.75, 3.05) is 6.54 Å². The van der Waals surface area contributed by atoms with Gasteiger partial charge in [0, 0.05) is 11.2 Å². The Labute approximate surface area is 141 Å². The van der Waals surface area contributed by atoms with Crippen molar-refractivity contribution in [2.24, 2.45) is 0 Å². The Kier molecular flexibility index (Phi) is 5.91. The number of alkyl halides is 1. The summed E-state index contributed by atoms with van der Waals surface area (Å²) in [5.41, 5.74) is -0.717. The number of thiol groups is 1. The van der Waals surface area contributed by atoms with E-state index in [1.165, 1.54) is 0 Å². The monoisotopic (exact) mass is 345 g/mol. The number of nitriles is 1. The van der Waals surface area contributed by atoms with Gasteiger partial charge in [-0.3, -0.25) is 4.79 Å². The minimum absolute atomic E-state index is 0.0194. The summed E-state index contributed by atoms with van der Waals surface area (Å²) in [6.45, 7) is 8.26. The fraction of sp³-hybridized carbons (Fsp3) is 0.800. The molecule has 0 aliphatic carbocycles. The third-order valence-electron chi connectivity index (χ3n) is 3.30. The standard InChI is InChI=1S/C15H24FN3O3S/c1-14(2,3)22-13(21)18-11(15(4,5)23)12(20)19-8-9(16)6-10(19)7-17/h9-11,23H,6,8H2,1-5H3,(H,18,21)/t9-,10-,11+/m0/s1. The van der Waals surface area contributed by atoms with E-state index in [4.69, 9.17) is 10.00 Å². The van der Waals surface area contributed by atoms with Crippen LogP contribution in [-0.2, 0) is 9.53 Å². The second-order valence-electron chi connectivity index (χ2n) is 7.20. The van der Waals surface area contributed by atoms with Crippen molar-refractivity contribution in [3.8, 4) is 6.07 Å². The van der Waals surface area contributed by atoms with E-state index in [2.05, 4.69) is 17.9 Å². The lowest BCUT2D eigenvalue weighted by Gasteiger charge is -2.34. The first-order chi connectivity index (χ1) is 10.3. The summed E-state index contributed by atoms with van der Waals surface area (Å²) < 4.78 is 17.8. The van der Waals surface area contributed by atoms with Crippen LogP contribution < -0.4 is 5.32 Å². The fourth-order valence-electron chi connectivity index (χ4n) is 2.28. The Morgan fingerprint density at radius 2 is 1.96 bits per heavy atom. The molecular formula is C15H24FN3O3S. The number of hydrogen-bond acceptors (Lipinski definition) is 5. The molecule has 3 atom stereocenters. The first-order valence-electron chi connectivity index (χ1n) is 7.41. The quantitative estimate of drug-likeness (QED) is 0.767. The molecule has 0 aromatic carbocycles. The van der Waals surface area contributed by atoms with Crippen molar-refractivity contribution in [2.45, 2.75) is 69.6 Å². The molecule has 1 saturated heterocycles. The van der Waals surface area contributed by atoms with Gasteiger partial charge in [0.15, 0.2) is 0 Å². The highest BCUT2D eigenvalue weighted by Crippen LogP contribution is 2.26. The summed E-state index contributed by atoms with van der Waals surface area (Å²) in [5, 5.41) is 11.6. The van der Waals surface area contributed by atoms with E-state index in [9.17, 15) is 14.0 Å². The van der Waals surface area contributed by atoms with Crippen LogP contribution in [0.2, 0.25) is 0 Å². The zero-order valence-corrected chi connectivity index (χ0v) is 15.0. The zero-order valence-electron chi connectivity index (χ0n) is 14.1. The van der Waals surface area contributed by atoms with Gasteiger partial charge in [0.2, 0.25) is 5.91 Å². The molecule has 1 fully saturated rings. The first kappa shape index (κ1) is 19.6. The second-order valence-corrected chi connectivity index (χ2v) is 8.35. The number of nitrogens with one attached hydrogen (secondary N) is 1. The predicted molar refractivity (Wildman–Crippen MR) is 86.8 cm³/mol. The van der Waals surface area contributed by atoms with E-state index in [0.717, 1.165) is 4.90 Å². The Balaban J connectivity index is 2.93. The molecule has 1 heterocycles. The van der Waals surface area contributed by atoms with Crippen molar-refractivity contribution >= 4 is 24.6 Å². The highest BCUT2D eigenvalue weighted by Gasteiger charge is 2.43. The lowest BCUT2D eigenvalue weighted by atomic mass is 10.0. The van der Waals surface area contributed by atoms with Crippen LogP contribution in [0.4, 0.5) is 9.18 Å². The summed E-state index contributed by atoms with van der Waals surface area (Å²) in [5.74, 6) is -0.539. The number of likely N-dealkylation sites (tertiary alicyclic amines) is 1. The molecular weight excluding hydrogens is 321 g/mol. The van der Waals surface area contributed by atoms with E-state index in [1.54, 1.807) is 34.6 Å². The molecule has 0 bridgehead atoms. The van der Waals surface area contributed by atoms with E-state index < -0.39 is 40.6 Å². The Morgan fingerprint density at radius 1 is 1.39 bits per heavy atom. The Morgan fingerprint density at radius 3 is 2.39 bits per heavy atom. The molecule has 0 spiro atoms. The van der Waals surface area contributed by atoms with Gasteiger partial charge in [-0.25, -0.2) is 9.18 Å². The van der Waals surface area contributed by atoms with Gasteiger partial charge in [0.25, 0.3) is 0 Å². The van der Waals surface area contributed by atoms with Gasteiger partial charge >= 0.3 is 6.09 Å². The highest BCUT2D eigenvalue weighted by atomic mass is 32.1. The second kappa shape index (κ2) is 6.95. The summed E-state index contributed by atoms with van der Waals surface area (Å²) in [4.78, 5) is 25.8. The largest absolute Gasteiger partial charge is 0.444 e. The maximum Gasteiger partial charge on any atom is 0.408 e. The minimum Gasteiger partial charge on any atom is -0.444 e. The zero-order chi connectivity index (χ0) is 18.0. The van der Waals surface area contributed by atoms with Gasteiger partial charge in [-0.1, -0.05) is 0 Å². The number of alkyl carbamates (subject to hydrolysis) is 1. The molecule has 0 aromatic rings. The number of halogens is 1. The van der Waals surface area contributed by atoms with E-state index >= 15 is 0 Å². The van der Waals surface area contributed by atoms with Crippen LogP contribution in [0.15, 0.2) is 0 Å². The van der Waals surface area contributed by atoms with Gasteiger partial charge < -0.3 is 15.0 Å². The lowest BCUT2D eigenvalue weighted by molar-refractivity contribution is -0.134. The van der Waals surface area contributed by atoms with Gasteiger partial charge in [-0.05, 0) is 34.6 Å². The van der Waals surface area contributed by atoms with Crippen LogP contribution in [0.1, 0.15) is 41.0 Å². The number of nitrogens with zero attached hydrogens (tertiary/aromatic N) is 2. The molecule has 1 rings (SSSR count). The van der Waals surface area contributed by atoms with Gasteiger partial charge in [0.05, 0.1) is 12.6 Å². The molecule has 0 saturated carbocycles. The maximum atomic E-state index is 13.5. The number of carbonyl (C=O) groups excluding carboxylic acids is 2. The highest BCUT2D eigenvalue weighted by molar-refractivity contribution is 7.81. The third-order valence-corrected chi connectivity index (χ3v) is 3.55. The smallest absolute Gasteiger partial charge is 0.408 e. The van der Waals surface area contributed by atoms with E-state index in [1.807, 2.05) is 6.07 Å². The van der Waals surface area contributed by atoms with E-state index in [-0.39, 0.29) is 13.0 Å². The maximum absolute atomic E-state index is 13.5. The number of carbonyl (C=O) groups is 2. The molecule has 0 aromatic heterocycles. The van der Waals surface area contributed by atoms with Crippen molar-refractivity contribution in [3.05, 3.63) is 0 Å². The molecule has 1 aliphatic rings. The molecule has 2 amide bonds. The van der Waals surface area contributed by atoms with Gasteiger partial charge in [0.1, 0.15) is 23.9 Å². The molecule has 8 heteroatoms. The molecule has 0 radical (unpaired) electrons. The van der Waals surface area contributed by atoms with Crippen LogP contribution in [0.5, 0.6) is 0 Å². The van der Waals surface area contributed by atoms with Gasteiger partial charge in [-0.2, -0.15) is 17.9 Å². The SMILES string of the molecule is CC(C)(C)OC(=O)N[C@H](C(=O)N1C[C@@H](F)C[C@H]1C#N)C(C)(C)S.